The van der Waals surface area contributed by atoms with E-state index in [1.165, 1.54) is 6.07 Å². The van der Waals surface area contributed by atoms with Crippen molar-refractivity contribution in [2.24, 2.45) is 0 Å². The Bertz CT molecular complexity index is 1030. The standard InChI is InChI=1S/C19H20ClN3O5S/c1-29(27,28)13-14-2-4-15(5-3-14)19(24)22-10-8-21(9-11-22)17-7-6-16(20)12-18(17)23(25)26/h2-7,12H,8-11,13H2,1H3. The van der Waals surface area contributed by atoms with Crippen LogP contribution in [0.5, 0.6) is 0 Å². The lowest BCUT2D eigenvalue weighted by Gasteiger charge is -2.35. The maximum Gasteiger partial charge on any atom is 0.294 e. The monoisotopic (exact) mass is 437 g/mol. The Morgan fingerprint density at radius 3 is 2.28 bits per heavy atom. The molecule has 1 heterocycles. The first-order valence-corrected chi connectivity index (χ1v) is 11.3. The van der Waals surface area contributed by atoms with Gasteiger partial charge < -0.3 is 9.80 Å². The molecule has 154 valence electrons. The van der Waals surface area contributed by atoms with Gasteiger partial charge in [-0.25, -0.2) is 8.42 Å². The maximum atomic E-state index is 12.7. The predicted molar refractivity (Wildman–Crippen MR) is 111 cm³/mol. The Hall–Kier alpha value is -2.65. The smallest absolute Gasteiger partial charge is 0.294 e. The lowest BCUT2D eigenvalue weighted by atomic mass is 10.1. The molecule has 29 heavy (non-hydrogen) atoms. The zero-order chi connectivity index (χ0) is 21.2. The van der Waals surface area contributed by atoms with Gasteiger partial charge in [0.2, 0.25) is 0 Å². The third kappa shape index (κ3) is 5.24. The molecular formula is C19H20ClN3O5S. The average molecular weight is 438 g/mol. The molecule has 3 rings (SSSR count). The van der Waals surface area contributed by atoms with E-state index >= 15 is 0 Å². The number of halogens is 1. The van der Waals surface area contributed by atoms with Crippen molar-refractivity contribution in [2.45, 2.75) is 5.75 Å². The Kier molecular flexibility index (Phi) is 6.09. The summed E-state index contributed by atoms with van der Waals surface area (Å²) in [4.78, 5) is 27.1. The summed E-state index contributed by atoms with van der Waals surface area (Å²) in [6, 6.07) is 11.1. The summed E-state index contributed by atoms with van der Waals surface area (Å²) in [5.74, 6) is -0.221. The van der Waals surface area contributed by atoms with E-state index in [1.54, 1.807) is 41.3 Å². The highest BCUT2D eigenvalue weighted by Crippen LogP contribution is 2.31. The van der Waals surface area contributed by atoms with E-state index < -0.39 is 14.8 Å². The number of carbonyl (C=O) groups excluding carboxylic acids is 1. The number of nitro groups is 1. The average Bonchev–Trinajstić information content (AvgIpc) is 2.67. The summed E-state index contributed by atoms with van der Waals surface area (Å²) in [7, 11) is -3.13. The number of hydrogen-bond acceptors (Lipinski definition) is 6. The van der Waals surface area contributed by atoms with Crippen LogP contribution in [0.2, 0.25) is 5.02 Å². The van der Waals surface area contributed by atoms with Gasteiger partial charge in [0.1, 0.15) is 5.69 Å². The number of amides is 1. The van der Waals surface area contributed by atoms with Crippen LogP contribution in [0.15, 0.2) is 42.5 Å². The van der Waals surface area contributed by atoms with Gasteiger partial charge in [0.05, 0.1) is 10.7 Å². The molecule has 2 aromatic rings. The van der Waals surface area contributed by atoms with Crippen molar-refractivity contribution < 1.29 is 18.1 Å². The minimum atomic E-state index is -3.13. The molecule has 1 aliphatic rings. The Labute approximate surface area is 173 Å². The number of nitro benzene ring substituents is 1. The van der Waals surface area contributed by atoms with E-state index in [4.69, 9.17) is 11.6 Å². The van der Waals surface area contributed by atoms with Crippen LogP contribution >= 0.6 is 11.6 Å². The second-order valence-corrected chi connectivity index (χ2v) is 9.51. The number of nitrogens with zero attached hydrogens (tertiary/aromatic N) is 3. The van der Waals surface area contributed by atoms with E-state index in [0.717, 1.165) is 6.26 Å². The second-order valence-electron chi connectivity index (χ2n) is 6.94. The van der Waals surface area contributed by atoms with Crippen molar-refractivity contribution >= 4 is 38.7 Å². The Balaban J connectivity index is 1.66. The third-order valence-corrected chi connectivity index (χ3v) is 5.76. The molecule has 0 spiro atoms. The third-order valence-electron chi connectivity index (χ3n) is 4.67. The van der Waals surface area contributed by atoms with Gasteiger partial charge in [-0.1, -0.05) is 23.7 Å². The molecular weight excluding hydrogens is 418 g/mol. The molecule has 0 radical (unpaired) electrons. The van der Waals surface area contributed by atoms with Crippen molar-refractivity contribution in [3.8, 4) is 0 Å². The number of sulfone groups is 1. The highest BCUT2D eigenvalue weighted by molar-refractivity contribution is 7.89. The fourth-order valence-corrected chi connectivity index (χ4v) is 4.25. The van der Waals surface area contributed by atoms with Gasteiger partial charge in [-0.05, 0) is 29.8 Å². The van der Waals surface area contributed by atoms with E-state index in [-0.39, 0.29) is 17.3 Å². The molecule has 1 amide bonds. The first-order chi connectivity index (χ1) is 13.6. The van der Waals surface area contributed by atoms with Gasteiger partial charge in [-0.2, -0.15) is 0 Å². The van der Waals surface area contributed by atoms with Gasteiger partial charge in [0.25, 0.3) is 11.6 Å². The summed E-state index contributed by atoms with van der Waals surface area (Å²) in [6.45, 7) is 1.76. The molecule has 8 nitrogen and oxygen atoms in total. The second kappa shape index (κ2) is 8.38. The molecule has 10 heteroatoms. The first-order valence-electron chi connectivity index (χ1n) is 8.89. The number of anilines is 1. The largest absolute Gasteiger partial charge is 0.362 e. The van der Waals surface area contributed by atoms with Crippen molar-refractivity contribution in [2.75, 3.05) is 37.3 Å². The van der Waals surface area contributed by atoms with Gasteiger partial charge in [-0.15, -0.1) is 0 Å². The zero-order valence-corrected chi connectivity index (χ0v) is 17.3. The molecule has 1 aliphatic heterocycles. The molecule has 0 saturated carbocycles. The van der Waals surface area contributed by atoms with E-state index in [1.807, 2.05) is 4.90 Å². The van der Waals surface area contributed by atoms with Crippen LogP contribution in [0, 0.1) is 10.1 Å². The van der Waals surface area contributed by atoms with E-state index in [9.17, 15) is 23.3 Å². The first kappa shape index (κ1) is 21.1. The van der Waals surface area contributed by atoms with Crippen molar-refractivity contribution in [3.05, 3.63) is 68.7 Å². The Morgan fingerprint density at radius 2 is 1.72 bits per heavy atom. The SMILES string of the molecule is CS(=O)(=O)Cc1ccc(C(=O)N2CCN(c3ccc(Cl)cc3[N+](=O)[O-])CC2)cc1. The maximum absolute atomic E-state index is 12.7. The fourth-order valence-electron chi connectivity index (χ4n) is 3.29. The summed E-state index contributed by atoms with van der Waals surface area (Å²) in [6.07, 6.45) is 1.16. The molecule has 0 N–H and O–H groups in total. The van der Waals surface area contributed by atoms with Crippen LogP contribution in [0.1, 0.15) is 15.9 Å². The summed E-state index contributed by atoms with van der Waals surface area (Å²) in [5, 5.41) is 11.6. The number of rotatable bonds is 5. The van der Waals surface area contributed by atoms with E-state index in [2.05, 4.69) is 0 Å². The highest BCUT2D eigenvalue weighted by Gasteiger charge is 2.26. The number of piperazine rings is 1. The molecule has 2 aromatic carbocycles. The van der Waals surface area contributed by atoms with Crippen LogP contribution < -0.4 is 4.90 Å². The van der Waals surface area contributed by atoms with Gasteiger partial charge >= 0.3 is 0 Å². The zero-order valence-electron chi connectivity index (χ0n) is 15.7. The molecule has 0 unspecified atom stereocenters. The molecule has 0 bridgehead atoms. The molecule has 1 saturated heterocycles. The molecule has 0 aromatic heterocycles. The van der Waals surface area contributed by atoms with Crippen LogP contribution in [-0.2, 0) is 15.6 Å². The minimum Gasteiger partial charge on any atom is -0.362 e. The summed E-state index contributed by atoms with van der Waals surface area (Å²) < 4.78 is 22.7. The number of hydrogen-bond donors (Lipinski definition) is 0. The fraction of sp³-hybridized carbons (Fsp3) is 0.316. The van der Waals surface area contributed by atoms with Crippen LogP contribution in [0.4, 0.5) is 11.4 Å². The molecule has 0 aliphatic carbocycles. The van der Waals surface area contributed by atoms with Crippen LogP contribution in [0.3, 0.4) is 0 Å². The topological polar surface area (TPSA) is 101 Å². The van der Waals surface area contributed by atoms with Gasteiger partial charge in [0.15, 0.2) is 9.84 Å². The number of carbonyl (C=O) groups is 1. The number of benzene rings is 2. The van der Waals surface area contributed by atoms with Crippen molar-refractivity contribution in [1.29, 1.82) is 0 Å². The lowest BCUT2D eigenvalue weighted by molar-refractivity contribution is -0.384. The molecule has 1 fully saturated rings. The summed E-state index contributed by atoms with van der Waals surface area (Å²) in [5.41, 5.74) is 1.53. The van der Waals surface area contributed by atoms with Gasteiger partial charge in [0, 0.05) is 49.1 Å². The van der Waals surface area contributed by atoms with Gasteiger partial charge in [-0.3, -0.25) is 14.9 Å². The minimum absolute atomic E-state index is 0.0567. The van der Waals surface area contributed by atoms with Crippen molar-refractivity contribution in [1.82, 2.24) is 4.90 Å². The Morgan fingerprint density at radius 1 is 1.10 bits per heavy atom. The predicted octanol–water partition coefficient (Wildman–Crippen LogP) is 2.76. The highest BCUT2D eigenvalue weighted by atomic mass is 35.5. The van der Waals surface area contributed by atoms with Crippen LogP contribution in [-0.4, -0.2) is 56.6 Å². The lowest BCUT2D eigenvalue weighted by Crippen LogP contribution is -2.49. The summed E-state index contributed by atoms with van der Waals surface area (Å²) >= 11 is 5.87. The normalized spacial score (nSPS) is 14.7. The van der Waals surface area contributed by atoms with Crippen LogP contribution in [0.25, 0.3) is 0 Å². The van der Waals surface area contributed by atoms with Crippen molar-refractivity contribution in [3.63, 3.8) is 0 Å². The quantitative estimate of drug-likeness (QED) is 0.526. The van der Waals surface area contributed by atoms with E-state index in [0.29, 0.717) is 48.0 Å². The molecule has 0 atom stereocenters.